The number of hydrogen-bond donors (Lipinski definition) is 3. The monoisotopic (exact) mass is 582 g/mol. The molecule has 3 aromatic rings. The van der Waals surface area contributed by atoms with Gasteiger partial charge in [0.15, 0.2) is 0 Å². The summed E-state index contributed by atoms with van der Waals surface area (Å²) in [4.78, 5) is 32.6. The molecule has 1 aliphatic carbocycles. The summed E-state index contributed by atoms with van der Waals surface area (Å²) in [6, 6.07) is 21.9. The summed E-state index contributed by atoms with van der Waals surface area (Å²) in [5.74, 6) is -1.73. The number of phenolic OH excluding ortho intramolecular Hbond substituents is 1. The van der Waals surface area contributed by atoms with Crippen molar-refractivity contribution < 1.29 is 29.6 Å². The number of aromatic hydroxyl groups is 1. The van der Waals surface area contributed by atoms with Crippen molar-refractivity contribution >= 4 is 23.5 Å². The van der Waals surface area contributed by atoms with Crippen LogP contribution >= 0.6 is 0 Å². The Morgan fingerprint density at radius 1 is 1.05 bits per heavy atom. The van der Waals surface area contributed by atoms with Gasteiger partial charge in [0, 0.05) is 24.2 Å². The molecule has 2 amide bonds. The first-order valence-corrected chi connectivity index (χ1v) is 14.9. The van der Waals surface area contributed by atoms with Gasteiger partial charge >= 0.3 is 0 Å². The van der Waals surface area contributed by atoms with Crippen molar-refractivity contribution in [2.45, 2.75) is 38.7 Å². The number of nitrogens with zero attached hydrogens (tertiary/aromatic N) is 2. The molecule has 0 bridgehead atoms. The third-order valence-corrected chi connectivity index (χ3v) is 8.38. The fourth-order valence-electron chi connectivity index (χ4n) is 6.36. The number of ether oxygens (including phenoxy) is 1. The second kappa shape index (κ2) is 13.8. The number of hydrogen-bond acceptors (Lipinski definition) is 7. The Hall–Kier alpha value is -4.27. The minimum atomic E-state index is -1.01. The molecule has 224 valence electrons. The molecule has 0 saturated carbocycles. The third-order valence-electron chi connectivity index (χ3n) is 8.38. The number of allylic oxidation sites excluding steroid dienone is 1. The molecular weight excluding hydrogens is 544 g/mol. The lowest BCUT2D eigenvalue weighted by atomic mass is 9.68. The van der Waals surface area contributed by atoms with Crippen LogP contribution in [0.15, 0.2) is 90.1 Å². The fraction of sp³-hybridized carbons (Fsp3) is 0.343. The van der Waals surface area contributed by atoms with Gasteiger partial charge in [0.25, 0.3) is 0 Å². The van der Waals surface area contributed by atoms with Gasteiger partial charge in [-0.3, -0.25) is 19.5 Å². The number of aliphatic hydroxyl groups is 2. The highest BCUT2D eigenvalue weighted by molar-refractivity contribution is 6.05. The van der Waals surface area contributed by atoms with Crippen molar-refractivity contribution in [2.24, 2.45) is 17.8 Å². The summed E-state index contributed by atoms with van der Waals surface area (Å²) >= 11 is 0. The number of rotatable bonds is 12. The van der Waals surface area contributed by atoms with Crippen molar-refractivity contribution in [3.8, 4) is 11.5 Å². The molecule has 1 aliphatic heterocycles. The lowest BCUT2D eigenvalue weighted by Crippen LogP contribution is -2.40. The van der Waals surface area contributed by atoms with E-state index in [0.29, 0.717) is 42.0 Å². The first-order chi connectivity index (χ1) is 20.9. The molecule has 0 spiro atoms. The van der Waals surface area contributed by atoms with Crippen LogP contribution < -0.4 is 4.74 Å². The van der Waals surface area contributed by atoms with E-state index in [2.05, 4.69) is 4.98 Å². The maximum atomic E-state index is 13.5. The van der Waals surface area contributed by atoms with E-state index < -0.39 is 23.9 Å². The number of benzene rings is 2. The Kier molecular flexibility index (Phi) is 9.69. The van der Waals surface area contributed by atoms with Crippen LogP contribution in [0.25, 0.3) is 11.6 Å². The zero-order valence-corrected chi connectivity index (χ0v) is 24.3. The van der Waals surface area contributed by atoms with Crippen LogP contribution in [0, 0.1) is 17.8 Å². The van der Waals surface area contributed by atoms with Crippen LogP contribution in [0.1, 0.15) is 43.9 Å². The quantitative estimate of drug-likeness (QED) is 0.206. The summed E-state index contributed by atoms with van der Waals surface area (Å²) in [5, 5.41) is 32.8. The summed E-state index contributed by atoms with van der Waals surface area (Å²) in [7, 11) is 0. The summed E-state index contributed by atoms with van der Waals surface area (Å²) in [5.41, 5.74) is 3.48. The van der Waals surface area contributed by atoms with Crippen molar-refractivity contribution in [2.75, 3.05) is 19.8 Å². The van der Waals surface area contributed by atoms with Gasteiger partial charge in [0.05, 0.1) is 30.2 Å². The maximum Gasteiger partial charge on any atom is 0.233 e. The van der Waals surface area contributed by atoms with Crippen molar-refractivity contribution in [1.82, 2.24) is 9.88 Å². The van der Waals surface area contributed by atoms with Crippen LogP contribution in [-0.4, -0.2) is 62.9 Å². The third kappa shape index (κ3) is 6.55. The molecule has 1 fully saturated rings. The van der Waals surface area contributed by atoms with E-state index in [1.165, 1.54) is 4.90 Å². The van der Waals surface area contributed by atoms with Crippen molar-refractivity contribution in [3.05, 3.63) is 101 Å². The normalized spacial score (nSPS) is 21.2. The molecule has 8 nitrogen and oxygen atoms in total. The van der Waals surface area contributed by atoms with Crippen molar-refractivity contribution in [3.63, 3.8) is 0 Å². The molecule has 2 aliphatic rings. The van der Waals surface area contributed by atoms with Gasteiger partial charge in [-0.25, -0.2) is 0 Å². The highest BCUT2D eigenvalue weighted by Gasteiger charge is 2.54. The molecule has 0 unspecified atom stereocenters. The Morgan fingerprint density at radius 3 is 2.49 bits per heavy atom. The second-order valence-corrected chi connectivity index (χ2v) is 11.1. The van der Waals surface area contributed by atoms with Gasteiger partial charge < -0.3 is 20.1 Å². The number of carbonyl (C=O) groups excluding carboxylic acids is 2. The number of phenols is 1. The minimum absolute atomic E-state index is 0.131. The Morgan fingerprint density at radius 2 is 1.79 bits per heavy atom. The summed E-state index contributed by atoms with van der Waals surface area (Å²) in [6.45, 7) is 2.01. The smallest absolute Gasteiger partial charge is 0.233 e. The fourth-order valence-corrected chi connectivity index (χ4v) is 6.36. The number of para-hydroxylation sites is 2. The summed E-state index contributed by atoms with van der Waals surface area (Å²) in [6.07, 6.45) is 4.16. The van der Waals surface area contributed by atoms with Crippen LogP contribution in [-0.2, 0) is 9.59 Å². The number of aromatic nitrogens is 1. The van der Waals surface area contributed by atoms with E-state index >= 15 is 0 Å². The van der Waals surface area contributed by atoms with Gasteiger partial charge in [-0.15, -0.1) is 0 Å². The molecular formula is C35H38N2O6. The zero-order valence-electron chi connectivity index (χ0n) is 24.3. The molecule has 0 radical (unpaired) electrons. The van der Waals surface area contributed by atoms with Crippen molar-refractivity contribution in [1.29, 1.82) is 0 Å². The largest absolute Gasteiger partial charge is 0.507 e. The molecule has 8 heteroatoms. The van der Waals surface area contributed by atoms with E-state index in [1.807, 2.05) is 73.7 Å². The SMILES string of the molecule is CCCN1C(=O)[C@@H]2[C@@H](CC(COc3ccccc3)=C([C@H](O)CC/C(=C/c3ccccc3O)c3ccccn3)[C@@H]2CO)C1=O. The topological polar surface area (TPSA) is 120 Å². The van der Waals surface area contributed by atoms with Gasteiger partial charge in [-0.05, 0) is 78.8 Å². The Labute approximate surface area is 252 Å². The molecule has 1 aromatic heterocycles. The van der Waals surface area contributed by atoms with E-state index in [1.54, 1.807) is 18.3 Å². The van der Waals surface area contributed by atoms with Crippen LogP contribution in [0.5, 0.6) is 11.5 Å². The van der Waals surface area contributed by atoms with E-state index in [4.69, 9.17) is 4.74 Å². The van der Waals surface area contributed by atoms with E-state index in [9.17, 15) is 24.9 Å². The molecule has 2 heterocycles. The standard InChI is InChI=1S/C35H38N2O6/c1-2-18-37-34(41)27-20-25(22-43-26-11-4-3-5-12-26)32(28(21-38)33(27)35(37)42)31(40)16-15-23(29-13-8-9-17-36-29)19-24-10-6-7-14-30(24)39/h3-14,17,19,27-28,31,33,38-40H,2,15-16,18,20-22H2,1H3/b23-19-/t27-,28+,31-,33-/m1/s1. The minimum Gasteiger partial charge on any atom is -0.507 e. The predicted molar refractivity (Wildman–Crippen MR) is 164 cm³/mol. The first kappa shape index (κ1) is 30.2. The van der Waals surface area contributed by atoms with Crippen LogP contribution in [0.3, 0.4) is 0 Å². The average molecular weight is 583 g/mol. The molecule has 43 heavy (non-hydrogen) atoms. The molecule has 5 rings (SSSR count). The zero-order chi connectivity index (χ0) is 30.3. The van der Waals surface area contributed by atoms with Gasteiger partial charge in [-0.1, -0.05) is 49.4 Å². The highest BCUT2D eigenvalue weighted by Crippen LogP contribution is 2.46. The summed E-state index contributed by atoms with van der Waals surface area (Å²) < 4.78 is 6.08. The molecule has 2 aromatic carbocycles. The van der Waals surface area contributed by atoms with Gasteiger partial charge in [-0.2, -0.15) is 0 Å². The predicted octanol–water partition coefficient (Wildman–Crippen LogP) is 4.87. The lowest BCUT2D eigenvalue weighted by molar-refractivity contribution is -0.140. The lowest BCUT2D eigenvalue weighted by Gasteiger charge is -2.36. The average Bonchev–Trinajstić information content (AvgIpc) is 3.27. The number of imide groups is 1. The first-order valence-electron chi connectivity index (χ1n) is 14.9. The number of fused-ring (bicyclic) bond motifs is 1. The number of amides is 2. The van der Waals surface area contributed by atoms with Crippen LogP contribution in [0.2, 0.25) is 0 Å². The van der Waals surface area contributed by atoms with Gasteiger partial charge in [0.1, 0.15) is 18.1 Å². The number of likely N-dealkylation sites (tertiary alicyclic amines) is 1. The Balaban J connectivity index is 1.47. The number of pyridine rings is 1. The second-order valence-electron chi connectivity index (χ2n) is 11.1. The molecule has 1 saturated heterocycles. The number of aliphatic hydroxyl groups excluding tert-OH is 2. The van der Waals surface area contributed by atoms with Crippen LogP contribution in [0.4, 0.5) is 0 Å². The number of carbonyl (C=O) groups is 2. The van der Waals surface area contributed by atoms with E-state index in [0.717, 1.165) is 11.1 Å². The highest BCUT2D eigenvalue weighted by atomic mass is 16.5. The maximum absolute atomic E-state index is 13.5. The van der Waals surface area contributed by atoms with Gasteiger partial charge in [0.2, 0.25) is 11.8 Å². The molecule has 3 N–H and O–H groups in total. The molecule has 4 atom stereocenters. The van der Waals surface area contributed by atoms with E-state index in [-0.39, 0.29) is 43.6 Å². The Bertz CT molecular complexity index is 1490.